The van der Waals surface area contributed by atoms with Crippen molar-refractivity contribution >= 4 is 5.95 Å². The van der Waals surface area contributed by atoms with E-state index in [0.717, 1.165) is 0 Å². The molecule has 0 aliphatic rings. The van der Waals surface area contributed by atoms with Crippen LogP contribution in [0.25, 0.3) is 11.4 Å². The molecule has 5 nitrogen and oxygen atoms in total. The van der Waals surface area contributed by atoms with Gasteiger partial charge in [0, 0.05) is 12.1 Å². The van der Waals surface area contributed by atoms with Crippen LogP contribution in [-0.4, -0.2) is 28.6 Å². The van der Waals surface area contributed by atoms with Gasteiger partial charge in [0.15, 0.2) is 5.82 Å². The van der Waals surface area contributed by atoms with E-state index in [-0.39, 0.29) is 11.8 Å². The van der Waals surface area contributed by atoms with E-state index in [2.05, 4.69) is 20.3 Å². The number of benzene rings is 1. The lowest BCUT2D eigenvalue weighted by Crippen LogP contribution is -2.06. The van der Waals surface area contributed by atoms with Crippen LogP contribution >= 0.6 is 0 Å². The average molecular weight is 262 g/mol. The smallest absolute Gasteiger partial charge is 0.321 e. The molecule has 0 unspecified atom stereocenters. The highest BCUT2D eigenvalue weighted by Gasteiger charge is 2.10. The number of aromatic nitrogens is 3. The van der Waals surface area contributed by atoms with Gasteiger partial charge in [0.2, 0.25) is 5.95 Å². The van der Waals surface area contributed by atoms with Crippen LogP contribution < -0.4 is 10.1 Å². The average Bonchev–Trinajstić information content (AvgIpc) is 2.42. The van der Waals surface area contributed by atoms with E-state index in [4.69, 9.17) is 4.74 Å². The predicted octanol–water partition coefficient (Wildman–Crippen LogP) is 2.43. The maximum absolute atomic E-state index is 13.6. The van der Waals surface area contributed by atoms with E-state index < -0.39 is 0 Å². The number of halogens is 1. The number of aryl methyl sites for hydroxylation is 1. The van der Waals surface area contributed by atoms with Gasteiger partial charge in [0.05, 0.1) is 7.11 Å². The Bertz CT molecular complexity index is 589. The molecule has 0 aliphatic carbocycles. The number of anilines is 1. The van der Waals surface area contributed by atoms with Gasteiger partial charge in [-0.25, -0.2) is 4.39 Å². The Morgan fingerprint density at radius 3 is 2.68 bits per heavy atom. The number of hydrogen-bond donors (Lipinski definition) is 1. The molecule has 1 aromatic heterocycles. The summed E-state index contributed by atoms with van der Waals surface area (Å²) in [4.78, 5) is 12.4. The van der Waals surface area contributed by atoms with Crippen LogP contribution in [0.3, 0.4) is 0 Å². The molecule has 2 aromatic rings. The number of methoxy groups -OCH3 is 1. The van der Waals surface area contributed by atoms with Gasteiger partial charge in [-0.05, 0) is 25.5 Å². The molecule has 6 heteroatoms. The van der Waals surface area contributed by atoms with Crippen molar-refractivity contribution in [2.75, 3.05) is 19.0 Å². The highest BCUT2D eigenvalue weighted by atomic mass is 19.1. The number of nitrogens with one attached hydrogen (secondary N) is 1. The molecule has 0 spiro atoms. The van der Waals surface area contributed by atoms with Gasteiger partial charge in [0.25, 0.3) is 0 Å². The molecule has 19 heavy (non-hydrogen) atoms. The standard InChI is InChI=1S/C13H15FN4O/c1-4-15-12-16-11(17-13(18-12)19-3)9-6-5-8(2)10(14)7-9/h5-7H,4H2,1-3H3,(H,15,16,17,18). The van der Waals surface area contributed by atoms with E-state index in [9.17, 15) is 4.39 Å². The molecule has 1 N–H and O–H groups in total. The Morgan fingerprint density at radius 1 is 1.26 bits per heavy atom. The Balaban J connectivity index is 2.47. The van der Waals surface area contributed by atoms with E-state index in [0.29, 0.717) is 29.4 Å². The summed E-state index contributed by atoms with van der Waals surface area (Å²) in [7, 11) is 1.48. The SMILES string of the molecule is CCNc1nc(OC)nc(-c2ccc(C)c(F)c2)n1. The van der Waals surface area contributed by atoms with Gasteiger partial charge in [-0.15, -0.1) is 0 Å². The maximum atomic E-state index is 13.6. The minimum Gasteiger partial charge on any atom is -0.467 e. The normalized spacial score (nSPS) is 10.3. The van der Waals surface area contributed by atoms with Crippen molar-refractivity contribution in [1.82, 2.24) is 15.0 Å². The first-order chi connectivity index (χ1) is 9.13. The van der Waals surface area contributed by atoms with Crippen LogP contribution in [0.1, 0.15) is 12.5 Å². The van der Waals surface area contributed by atoms with Crippen LogP contribution in [0, 0.1) is 12.7 Å². The van der Waals surface area contributed by atoms with Crippen molar-refractivity contribution in [3.8, 4) is 17.4 Å². The monoisotopic (exact) mass is 262 g/mol. The second kappa shape index (κ2) is 5.60. The first kappa shape index (κ1) is 13.2. The molecule has 0 saturated heterocycles. The van der Waals surface area contributed by atoms with Crippen molar-refractivity contribution in [2.45, 2.75) is 13.8 Å². The molecule has 0 fully saturated rings. The molecule has 0 bridgehead atoms. The predicted molar refractivity (Wildman–Crippen MR) is 70.7 cm³/mol. The summed E-state index contributed by atoms with van der Waals surface area (Å²) in [6.45, 7) is 4.31. The van der Waals surface area contributed by atoms with E-state index in [1.807, 2.05) is 6.92 Å². The maximum Gasteiger partial charge on any atom is 0.321 e. The van der Waals surface area contributed by atoms with Crippen LogP contribution in [0.15, 0.2) is 18.2 Å². The second-order valence-electron chi connectivity index (χ2n) is 3.96. The fraction of sp³-hybridized carbons (Fsp3) is 0.308. The summed E-state index contributed by atoms with van der Waals surface area (Å²) < 4.78 is 18.6. The van der Waals surface area contributed by atoms with Gasteiger partial charge >= 0.3 is 6.01 Å². The minimum atomic E-state index is -0.290. The molecular formula is C13H15FN4O. The van der Waals surface area contributed by atoms with Gasteiger partial charge in [-0.1, -0.05) is 12.1 Å². The molecular weight excluding hydrogens is 247 g/mol. The number of hydrogen-bond acceptors (Lipinski definition) is 5. The first-order valence-corrected chi connectivity index (χ1v) is 5.94. The Labute approximate surface area is 110 Å². The summed E-state index contributed by atoms with van der Waals surface area (Å²) in [5.41, 5.74) is 1.17. The van der Waals surface area contributed by atoms with Crippen molar-refractivity contribution in [3.05, 3.63) is 29.6 Å². The zero-order valence-electron chi connectivity index (χ0n) is 11.1. The summed E-state index contributed by atoms with van der Waals surface area (Å²) in [5, 5.41) is 2.98. The highest BCUT2D eigenvalue weighted by molar-refractivity contribution is 5.57. The molecule has 1 heterocycles. The molecule has 100 valence electrons. The van der Waals surface area contributed by atoms with Gasteiger partial charge < -0.3 is 10.1 Å². The molecule has 0 saturated carbocycles. The highest BCUT2D eigenvalue weighted by Crippen LogP contribution is 2.21. The number of ether oxygens (including phenoxy) is 1. The number of rotatable bonds is 4. The first-order valence-electron chi connectivity index (χ1n) is 5.94. The molecule has 1 aromatic carbocycles. The van der Waals surface area contributed by atoms with E-state index in [1.165, 1.54) is 13.2 Å². The lowest BCUT2D eigenvalue weighted by Gasteiger charge is -2.07. The van der Waals surface area contributed by atoms with Crippen LogP contribution in [0.5, 0.6) is 6.01 Å². The third-order valence-corrected chi connectivity index (χ3v) is 2.56. The third kappa shape index (κ3) is 2.96. The van der Waals surface area contributed by atoms with Gasteiger partial charge in [-0.2, -0.15) is 15.0 Å². The molecule has 2 rings (SSSR count). The summed E-state index contributed by atoms with van der Waals surface area (Å²) >= 11 is 0. The summed E-state index contributed by atoms with van der Waals surface area (Å²) in [6.07, 6.45) is 0. The molecule has 0 radical (unpaired) electrons. The largest absolute Gasteiger partial charge is 0.467 e. The summed E-state index contributed by atoms with van der Waals surface area (Å²) in [5.74, 6) is 0.494. The summed E-state index contributed by atoms with van der Waals surface area (Å²) in [6, 6.07) is 5.05. The van der Waals surface area contributed by atoms with E-state index in [1.54, 1.807) is 19.1 Å². The van der Waals surface area contributed by atoms with Crippen LogP contribution in [0.2, 0.25) is 0 Å². The van der Waals surface area contributed by atoms with Crippen molar-refractivity contribution in [2.24, 2.45) is 0 Å². The van der Waals surface area contributed by atoms with Crippen molar-refractivity contribution < 1.29 is 9.13 Å². The molecule has 0 atom stereocenters. The fourth-order valence-electron chi connectivity index (χ4n) is 1.55. The molecule has 0 amide bonds. The Hall–Kier alpha value is -2.24. The fourth-order valence-corrected chi connectivity index (χ4v) is 1.55. The Kier molecular flexibility index (Phi) is 3.89. The van der Waals surface area contributed by atoms with Gasteiger partial charge in [-0.3, -0.25) is 0 Å². The van der Waals surface area contributed by atoms with Gasteiger partial charge in [0.1, 0.15) is 5.82 Å². The van der Waals surface area contributed by atoms with Crippen LogP contribution in [-0.2, 0) is 0 Å². The minimum absolute atomic E-state index is 0.196. The van der Waals surface area contributed by atoms with E-state index >= 15 is 0 Å². The van der Waals surface area contributed by atoms with Crippen molar-refractivity contribution in [1.29, 1.82) is 0 Å². The second-order valence-corrected chi connectivity index (χ2v) is 3.96. The lowest BCUT2D eigenvalue weighted by molar-refractivity contribution is 0.379. The number of nitrogens with zero attached hydrogens (tertiary/aromatic N) is 3. The Morgan fingerprint density at radius 2 is 2.05 bits per heavy atom. The lowest BCUT2D eigenvalue weighted by atomic mass is 10.1. The molecule has 0 aliphatic heterocycles. The van der Waals surface area contributed by atoms with Crippen molar-refractivity contribution in [3.63, 3.8) is 0 Å². The topological polar surface area (TPSA) is 59.9 Å². The zero-order valence-corrected chi connectivity index (χ0v) is 11.1. The zero-order chi connectivity index (χ0) is 13.8. The third-order valence-electron chi connectivity index (χ3n) is 2.56. The van der Waals surface area contributed by atoms with Crippen LogP contribution in [0.4, 0.5) is 10.3 Å². The quantitative estimate of drug-likeness (QED) is 0.917.